The summed E-state index contributed by atoms with van der Waals surface area (Å²) in [6.45, 7) is 1.96. The van der Waals surface area contributed by atoms with Crippen molar-refractivity contribution in [3.8, 4) is 5.88 Å². The Bertz CT molecular complexity index is 479. The Morgan fingerprint density at radius 1 is 1.63 bits per heavy atom. The number of nitrogens with one attached hydrogen (secondary N) is 1. The van der Waals surface area contributed by atoms with Crippen molar-refractivity contribution in [2.24, 2.45) is 5.92 Å². The number of hydrogen-bond acceptors (Lipinski definition) is 7. The molecule has 19 heavy (non-hydrogen) atoms. The van der Waals surface area contributed by atoms with Crippen molar-refractivity contribution in [2.45, 2.75) is 13.3 Å². The number of aliphatic carboxylic acids is 1. The summed E-state index contributed by atoms with van der Waals surface area (Å²) in [5.41, 5.74) is -0.368. The molecule has 0 aliphatic carbocycles. The summed E-state index contributed by atoms with van der Waals surface area (Å²) in [6, 6.07) is 0. The number of hydrogen-bond donors (Lipinski definition) is 2. The van der Waals surface area contributed by atoms with Crippen molar-refractivity contribution < 1.29 is 19.6 Å². The Morgan fingerprint density at radius 3 is 2.84 bits per heavy atom. The van der Waals surface area contributed by atoms with Crippen molar-refractivity contribution in [1.82, 2.24) is 9.97 Å². The van der Waals surface area contributed by atoms with E-state index in [1.165, 1.54) is 7.11 Å². The van der Waals surface area contributed by atoms with E-state index in [-0.39, 0.29) is 36.3 Å². The Balaban J connectivity index is 2.83. The molecule has 1 aromatic rings. The molecule has 0 saturated carbocycles. The van der Waals surface area contributed by atoms with E-state index in [4.69, 9.17) is 9.84 Å². The van der Waals surface area contributed by atoms with Gasteiger partial charge in [-0.2, -0.15) is 4.98 Å². The predicted octanol–water partition coefficient (Wildman–Crippen LogP) is 0.916. The predicted molar refractivity (Wildman–Crippen MR) is 65.1 cm³/mol. The van der Waals surface area contributed by atoms with Crippen LogP contribution in [0.1, 0.15) is 13.3 Å². The van der Waals surface area contributed by atoms with Gasteiger partial charge in [0.25, 0.3) is 5.88 Å². The van der Waals surface area contributed by atoms with Gasteiger partial charge in [0.1, 0.15) is 6.33 Å². The van der Waals surface area contributed by atoms with Gasteiger partial charge >= 0.3 is 11.7 Å². The minimum atomic E-state index is -0.927. The van der Waals surface area contributed by atoms with Crippen LogP contribution >= 0.6 is 0 Å². The van der Waals surface area contributed by atoms with Gasteiger partial charge in [0.2, 0.25) is 5.82 Å². The molecule has 1 rings (SSSR count). The number of ether oxygens (including phenoxy) is 1. The maximum Gasteiger partial charge on any atom is 0.372 e. The molecule has 2 N–H and O–H groups in total. The van der Waals surface area contributed by atoms with E-state index in [0.29, 0.717) is 0 Å². The van der Waals surface area contributed by atoms with Gasteiger partial charge in [-0.3, -0.25) is 14.9 Å². The summed E-state index contributed by atoms with van der Waals surface area (Å²) in [5, 5.41) is 22.3. The van der Waals surface area contributed by atoms with E-state index in [1.54, 1.807) is 6.92 Å². The molecule has 1 aromatic heterocycles. The highest BCUT2D eigenvalue weighted by Crippen LogP contribution is 2.30. The van der Waals surface area contributed by atoms with E-state index in [9.17, 15) is 14.9 Å². The molecule has 1 atom stereocenters. The van der Waals surface area contributed by atoms with Crippen LogP contribution in [-0.4, -0.2) is 39.6 Å². The molecule has 9 nitrogen and oxygen atoms in total. The minimum absolute atomic E-state index is 0.00842. The van der Waals surface area contributed by atoms with E-state index in [1.807, 2.05) is 0 Å². The first kappa shape index (κ1) is 14.6. The molecule has 0 aliphatic rings. The highest BCUT2D eigenvalue weighted by molar-refractivity contribution is 5.67. The SMILES string of the molecule is COc1ncnc(NCC(C)CC(=O)O)c1[N+](=O)[O-]. The molecule has 0 aromatic carbocycles. The second-order valence-corrected chi connectivity index (χ2v) is 3.92. The number of anilines is 1. The van der Waals surface area contributed by atoms with Crippen molar-refractivity contribution in [1.29, 1.82) is 0 Å². The molecule has 104 valence electrons. The number of methoxy groups -OCH3 is 1. The number of nitrogens with zero attached hydrogens (tertiary/aromatic N) is 3. The molecule has 1 unspecified atom stereocenters. The molecule has 0 aliphatic heterocycles. The van der Waals surface area contributed by atoms with Gasteiger partial charge in [-0.05, 0) is 5.92 Å². The molecule has 0 saturated heterocycles. The fourth-order valence-electron chi connectivity index (χ4n) is 1.45. The van der Waals surface area contributed by atoms with E-state index in [2.05, 4.69) is 15.3 Å². The Hall–Kier alpha value is -2.45. The molecular weight excluding hydrogens is 256 g/mol. The van der Waals surface area contributed by atoms with E-state index in [0.717, 1.165) is 6.33 Å². The standard InChI is InChI=1S/C10H14N4O5/c1-6(3-7(15)16)4-11-9-8(14(17)18)10(19-2)13-5-12-9/h5-6H,3-4H2,1-2H3,(H,15,16)(H,11,12,13). The van der Waals surface area contributed by atoms with Gasteiger partial charge in [0.15, 0.2) is 0 Å². The molecule has 0 spiro atoms. The van der Waals surface area contributed by atoms with E-state index < -0.39 is 10.9 Å². The van der Waals surface area contributed by atoms with Crippen LogP contribution in [-0.2, 0) is 4.79 Å². The van der Waals surface area contributed by atoms with E-state index >= 15 is 0 Å². The van der Waals surface area contributed by atoms with Gasteiger partial charge in [0, 0.05) is 13.0 Å². The molecule has 0 amide bonds. The van der Waals surface area contributed by atoms with Gasteiger partial charge in [0.05, 0.1) is 12.0 Å². The highest BCUT2D eigenvalue weighted by atomic mass is 16.6. The molecule has 1 heterocycles. The van der Waals surface area contributed by atoms with Gasteiger partial charge in [-0.1, -0.05) is 6.92 Å². The molecule has 0 radical (unpaired) electrons. The third kappa shape index (κ3) is 4.05. The topological polar surface area (TPSA) is 127 Å². The summed E-state index contributed by atoms with van der Waals surface area (Å²) in [7, 11) is 1.27. The zero-order valence-corrected chi connectivity index (χ0v) is 10.5. The summed E-state index contributed by atoms with van der Waals surface area (Å²) >= 11 is 0. The van der Waals surface area contributed by atoms with Crippen LogP contribution in [0.2, 0.25) is 0 Å². The zero-order chi connectivity index (χ0) is 14.4. The second kappa shape index (κ2) is 6.47. The maximum absolute atomic E-state index is 10.9. The number of carboxylic acid groups (broad SMARTS) is 1. The fourth-order valence-corrected chi connectivity index (χ4v) is 1.45. The van der Waals surface area contributed by atoms with Crippen LogP contribution in [0, 0.1) is 16.0 Å². The van der Waals surface area contributed by atoms with Crippen molar-refractivity contribution in [3.05, 3.63) is 16.4 Å². The third-order valence-corrected chi connectivity index (χ3v) is 2.31. The van der Waals surface area contributed by atoms with Crippen LogP contribution in [0.3, 0.4) is 0 Å². The number of nitro groups is 1. The number of carboxylic acids is 1. The van der Waals surface area contributed by atoms with Crippen LogP contribution in [0.25, 0.3) is 0 Å². The quantitative estimate of drug-likeness (QED) is 0.552. The molecular formula is C10H14N4O5. The van der Waals surface area contributed by atoms with Crippen LogP contribution in [0.15, 0.2) is 6.33 Å². The number of carbonyl (C=O) groups is 1. The summed E-state index contributed by atoms with van der Waals surface area (Å²) < 4.78 is 4.79. The highest BCUT2D eigenvalue weighted by Gasteiger charge is 2.24. The molecule has 0 bridgehead atoms. The average Bonchev–Trinajstić information content (AvgIpc) is 2.34. The van der Waals surface area contributed by atoms with Gasteiger partial charge in [-0.25, -0.2) is 4.98 Å². The minimum Gasteiger partial charge on any atom is -0.481 e. The van der Waals surface area contributed by atoms with Gasteiger partial charge in [-0.15, -0.1) is 0 Å². The van der Waals surface area contributed by atoms with Crippen molar-refractivity contribution in [3.63, 3.8) is 0 Å². The van der Waals surface area contributed by atoms with Crippen LogP contribution < -0.4 is 10.1 Å². The number of aromatic nitrogens is 2. The smallest absolute Gasteiger partial charge is 0.372 e. The molecule has 9 heteroatoms. The van der Waals surface area contributed by atoms with Crippen LogP contribution in [0.4, 0.5) is 11.5 Å². The lowest BCUT2D eigenvalue weighted by Crippen LogP contribution is -2.16. The summed E-state index contributed by atoms with van der Waals surface area (Å²) in [6.07, 6.45) is 1.10. The first-order valence-corrected chi connectivity index (χ1v) is 5.44. The largest absolute Gasteiger partial charge is 0.481 e. The number of rotatable bonds is 7. The first-order valence-electron chi connectivity index (χ1n) is 5.44. The normalized spacial score (nSPS) is 11.7. The maximum atomic E-state index is 10.9. The zero-order valence-electron chi connectivity index (χ0n) is 10.5. The average molecular weight is 270 g/mol. The Kier molecular flexibility index (Phi) is 4.98. The Morgan fingerprint density at radius 2 is 2.32 bits per heavy atom. The summed E-state index contributed by atoms with van der Waals surface area (Å²) in [4.78, 5) is 28.2. The Labute approximate surface area is 108 Å². The lowest BCUT2D eigenvalue weighted by atomic mass is 10.1. The van der Waals surface area contributed by atoms with Crippen molar-refractivity contribution >= 4 is 17.5 Å². The van der Waals surface area contributed by atoms with Gasteiger partial charge < -0.3 is 15.2 Å². The third-order valence-electron chi connectivity index (χ3n) is 2.31. The first-order chi connectivity index (χ1) is 8.95. The van der Waals surface area contributed by atoms with Crippen molar-refractivity contribution in [2.75, 3.05) is 19.0 Å². The summed E-state index contributed by atoms with van der Waals surface area (Å²) in [5.74, 6) is -1.26. The lowest BCUT2D eigenvalue weighted by Gasteiger charge is -2.11. The monoisotopic (exact) mass is 270 g/mol. The lowest BCUT2D eigenvalue weighted by molar-refractivity contribution is -0.385. The second-order valence-electron chi connectivity index (χ2n) is 3.92. The fraction of sp³-hybridized carbons (Fsp3) is 0.500. The van der Waals surface area contributed by atoms with Crippen LogP contribution in [0.5, 0.6) is 5.88 Å². The molecule has 0 fully saturated rings.